The lowest BCUT2D eigenvalue weighted by Gasteiger charge is -2.38. The molecule has 2 amide bonds. The van der Waals surface area contributed by atoms with Gasteiger partial charge in [-0.3, -0.25) is 24.2 Å². The maximum atomic E-state index is 13.6. The molecule has 0 radical (unpaired) electrons. The summed E-state index contributed by atoms with van der Waals surface area (Å²) in [7, 11) is 6.65. The zero-order chi connectivity index (χ0) is 31.3. The molecule has 0 saturated carbocycles. The van der Waals surface area contributed by atoms with E-state index >= 15 is 0 Å². The first-order valence-corrected chi connectivity index (χ1v) is 16.2. The smallest absolute Gasteiger partial charge is 0.257 e. The van der Waals surface area contributed by atoms with Crippen LogP contribution in [-0.2, 0) is 19.8 Å². The second-order valence-corrected chi connectivity index (χ2v) is 13.6. The minimum absolute atomic E-state index is 0.0344. The highest BCUT2D eigenvalue weighted by molar-refractivity contribution is 6.15. The lowest BCUT2D eigenvalue weighted by molar-refractivity contribution is -0.889. The number of rotatable bonds is 14. The number of carbonyl (C=O) groups excluding carboxylic acids is 3. The summed E-state index contributed by atoms with van der Waals surface area (Å²) in [5, 5.41) is 0. The molecule has 0 spiro atoms. The maximum absolute atomic E-state index is 13.6. The van der Waals surface area contributed by atoms with Crippen molar-refractivity contribution in [2.75, 3.05) is 73.5 Å². The number of carbonyl (C=O) groups is 3. The van der Waals surface area contributed by atoms with E-state index in [4.69, 9.17) is 0 Å². The zero-order valence-corrected chi connectivity index (χ0v) is 27.0. The van der Waals surface area contributed by atoms with Gasteiger partial charge in [0.25, 0.3) is 5.91 Å². The van der Waals surface area contributed by atoms with Crippen molar-refractivity contribution in [3.63, 3.8) is 0 Å². The van der Waals surface area contributed by atoms with Gasteiger partial charge < -0.3 is 9.38 Å². The van der Waals surface area contributed by atoms with Crippen molar-refractivity contribution in [1.29, 1.82) is 0 Å². The number of hydrogen-bond donors (Lipinski definition) is 0. The van der Waals surface area contributed by atoms with Crippen LogP contribution in [0.15, 0.2) is 84.5 Å². The highest BCUT2D eigenvalue weighted by Crippen LogP contribution is 2.44. The number of likely N-dealkylation sites (N-methyl/N-ethyl adjacent to an activating group) is 2. The van der Waals surface area contributed by atoms with Gasteiger partial charge in [-0.1, -0.05) is 78.9 Å². The van der Waals surface area contributed by atoms with Crippen LogP contribution in [0.5, 0.6) is 0 Å². The van der Waals surface area contributed by atoms with Crippen LogP contribution in [0.4, 0.5) is 0 Å². The van der Waals surface area contributed by atoms with Crippen LogP contribution < -0.4 is 0 Å². The summed E-state index contributed by atoms with van der Waals surface area (Å²) < 4.78 is 0.843. The summed E-state index contributed by atoms with van der Waals surface area (Å²) in [5.74, 6) is 0.0194. The number of fused-ring (bicyclic) bond motifs is 1. The van der Waals surface area contributed by atoms with Crippen LogP contribution in [-0.4, -0.2) is 110 Å². The van der Waals surface area contributed by atoms with Gasteiger partial charge in [-0.2, -0.15) is 0 Å². The third kappa shape index (κ3) is 6.65. The van der Waals surface area contributed by atoms with Crippen molar-refractivity contribution in [3.05, 3.63) is 95.6 Å². The first-order valence-electron chi connectivity index (χ1n) is 16.2. The molecule has 2 aromatic rings. The number of nitrogens with zero attached hydrogens (tertiary/aromatic N) is 4. The van der Waals surface area contributed by atoms with Gasteiger partial charge in [-0.05, 0) is 50.4 Å². The minimum Gasteiger partial charge on any atom is -0.327 e. The Balaban J connectivity index is 1.10. The number of likely N-dealkylation sites (tertiary alicyclic amines) is 2. The molecule has 2 aromatic carbocycles. The van der Waals surface area contributed by atoms with Crippen LogP contribution in [0.25, 0.3) is 0 Å². The topological polar surface area (TPSA) is 60.9 Å². The fourth-order valence-electron chi connectivity index (χ4n) is 7.50. The molecule has 7 nitrogen and oxygen atoms in total. The molecular weight excluding hydrogens is 548 g/mol. The summed E-state index contributed by atoms with van der Waals surface area (Å²) in [4.78, 5) is 45.4. The third-order valence-corrected chi connectivity index (χ3v) is 10.1. The molecule has 2 aliphatic heterocycles. The molecule has 2 atom stereocenters. The molecule has 0 bridgehead atoms. The quantitative estimate of drug-likeness (QED) is 0.242. The van der Waals surface area contributed by atoms with E-state index in [9.17, 15) is 14.4 Å². The Labute approximate surface area is 263 Å². The van der Waals surface area contributed by atoms with Crippen molar-refractivity contribution < 1.29 is 18.9 Å². The predicted molar refractivity (Wildman–Crippen MR) is 175 cm³/mol. The van der Waals surface area contributed by atoms with Gasteiger partial charge in [0.2, 0.25) is 5.91 Å². The van der Waals surface area contributed by atoms with E-state index in [0.29, 0.717) is 18.5 Å². The fourth-order valence-corrected chi connectivity index (χ4v) is 7.50. The second-order valence-electron chi connectivity index (χ2n) is 13.6. The lowest BCUT2D eigenvalue weighted by atomic mass is 9.63. The van der Waals surface area contributed by atoms with E-state index in [2.05, 4.69) is 55.2 Å². The van der Waals surface area contributed by atoms with Gasteiger partial charge in [-0.25, -0.2) is 0 Å². The number of hydrogen-bond acceptors (Lipinski definition) is 5. The monoisotopic (exact) mass is 597 g/mol. The number of allylic oxidation sites excluding steroid dienone is 3. The average Bonchev–Trinajstić information content (AvgIpc) is 3.59. The van der Waals surface area contributed by atoms with E-state index in [1.165, 1.54) is 4.90 Å². The van der Waals surface area contributed by atoms with Crippen molar-refractivity contribution in [2.45, 2.75) is 31.6 Å². The molecule has 2 heterocycles. The van der Waals surface area contributed by atoms with Gasteiger partial charge in [0.05, 0.1) is 38.5 Å². The molecule has 1 aliphatic carbocycles. The van der Waals surface area contributed by atoms with Gasteiger partial charge in [0.15, 0.2) is 0 Å². The third-order valence-electron chi connectivity index (χ3n) is 10.1. The van der Waals surface area contributed by atoms with Crippen molar-refractivity contribution in [3.8, 4) is 0 Å². The van der Waals surface area contributed by atoms with E-state index in [0.717, 1.165) is 74.3 Å². The summed E-state index contributed by atoms with van der Waals surface area (Å²) >= 11 is 0. The predicted octanol–water partition coefficient (Wildman–Crippen LogP) is 4.15. The molecule has 2 fully saturated rings. The largest absolute Gasteiger partial charge is 0.327 e. The maximum Gasteiger partial charge on any atom is 0.257 e. The normalized spacial score (nSPS) is 20.8. The number of quaternary nitrogens is 1. The molecule has 0 aromatic heterocycles. The van der Waals surface area contributed by atoms with Crippen LogP contribution in [0.3, 0.4) is 0 Å². The van der Waals surface area contributed by atoms with Crippen molar-refractivity contribution in [2.24, 2.45) is 11.8 Å². The molecule has 3 aliphatic rings. The molecule has 44 heavy (non-hydrogen) atoms. The number of Topliss-reactive ketones (excluding diaryl/α,β-unsaturated/α-hetero) is 1. The van der Waals surface area contributed by atoms with E-state index < -0.39 is 5.41 Å². The van der Waals surface area contributed by atoms with Gasteiger partial charge >= 0.3 is 0 Å². The first kappa shape index (κ1) is 32.0. The van der Waals surface area contributed by atoms with Crippen LogP contribution in [0.1, 0.15) is 37.3 Å². The number of ketones is 1. The molecule has 234 valence electrons. The Morgan fingerprint density at radius 3 is 2.23 bits per heavy atom. The molecule has 5 rings (SSSR count). The zero-order valence-electron chi connectivity index (χ0n) is 27.0. The highest BCUT2D eigenvalue weighted by Gasteiger charge is 2.48. The SMILES string of the molecule is CC(=O)C(c1ccccc1)(c1ccccc1)C1CCN(CCN(C)CC[N+](C)(C)CCCN2C(=O)C3=CC=CCC3C2=O)C1. The second kappa shape index (κ2) is 13.7. The van der Waals surface area contributed by atoms with Crippen LogP contribution in [0.2, 0.25) is 0 Å². The Morgan fingerprint density at radius 1 is 0.955 bits per heavy atom. The molecule has 7 heteroatoms. The molecular formula is C37H49N4O3+. The lowest BCUT2D eigenvalue weighted by Crippen LogP contribution is -2.47. The fraction of sp³-hybridized carbons (Fsp3) is 0.486. The number of imide groups is 1. The van der Waals surface area contributed by atoms with Crippen LogP contribution in [0, 0.1) is 11.8 Å². The Kier molecular flexibility index (Phi) is 9.98. The average molecular weight is 598 g/mol. The molecule has 0 N–H and O–H groups in total. The van der Waals surface area contributed by atoms with E-state index in [-0.39, 0.29) is 29.4 Å². The van der Waals surface area contributed by atoms with Crippen molar-refractivity contribution in [1.82, 2.24) is 14.7 Å². The van der Waals surface area contributed by atoms with E-state index in [1.54, 1.807) is 13.0 Å². The Morgan fingerprint density at radius 2 is 1.61 bits per heavy atom. The highest BCUT2D eigenvalue weighted by atomic mass is 16.2. The summed E-state index contributed by atoms with van der Waals surface area (Å²) in [6.07, 6.45) is 8.09. The van der Waals surface area contributed by atoms with Gasteiger partial charge in [-0.15, -0.1) is 0 Å². The summed E-state index contributed by atoms with van der Waals surface area (Å²) in [5.41, 5.74) is 2.20. The van der Waals surface area contributed by atoms with Crippen molar-refractivity contribution >= 4 is 17.6 Å². The summed E-state index contributed by atoms with van der Waals surface area (Å²) in [6, 6.07) is 20.7. The van der Waals surface area contributed by atoms with E-state index in [1.807, 2.05) is 48.6 Å². The molecule has 2 saturated heterocycles. The number of amides is 2. The van der Waals surface area contributed by atoms with Gasteiger partial charge in [0, 0.05) is 44.7 Å². The Hall–Kier alpha value is -3.39. The summed E-state index contributed by atoms with van der Waals surface area (Å²) in [6.45, 7) is 8.97. The standard InChI is InChI=1S/C37H49N4O3/c1-29(42)37(30-14-7-5-8-15-30,31-16-9-6-10-17-31)32-20-22-39(28-32)24-23-38(2)25-27-41(3,4)26-13-21-40-35(43)33-18-11-12-19-34(33)36(40)44/h5-12,14-18,32,34H,13,19-28H2,1-4H3/q+1. The Bertz CT molecular complexity index is 1340. The molecule has 2 unspecified atom stereocenters. The first-order chi connectivity index (χ1) is 21.1. The van der Waals surface area contributed by atoms with Crippen LogP contribution >= 0.6 is 0 Å². The minimum atomic E-state index is -0.638. The van der Waals surface area contributed by atoms with Gasteiger partial charge in [0.1, 0.15) is 5.78 Å². The number of benzene rings is 2.